The first-order chi connectivity index (χ1) is 3.42. The molecule has 0 aromatic rings. The molecular formula is C3H11NaO5S. The minimum Gasteiger partial charge on any atom is -1.00 e. The van der Waals surface area contributed by atoms with Gasteiger partial charge in [0.25, 0.3) is 10.1 Å². The van der Waals surface area contributed by atoms with Gasteiger partial charge in [0.05, 0.1) is 6.10 Å². The third-order valence-electron chi connectivity index (χ3n) is 0.452. The molecule has 0 aliphatic rings. The van der Waals surface area contributed by atoms with E-state index >= 15 is 0 Å². The Morgan fingerprint density at radius 3 is 1.90 bits per heavy atom. The Kier molecular flexibility index (Phi) is 11.2. The fourth-order valence-corrected chi connectivity index (χ4v) is 0.914. The van der Waals surface area contributed by atoms with Gasteiger partial charge in [0.2, 0.25) is 0 Å². The van der Waals surface area contributed by atoms with Gasteiger partial charge in [-0.25, -0.2) is 0 Å². The molecule has 0 aromatic carbocycles. The van der Waals surface area contributed by atoms with E-state index in [1.807, 2.05) is 0 Å². The van der Waals surface area contributed by atoms with Crippen LogP contribution in [-0.2, 0) is 10.1 Å². The third kappa shape index (κ3) is 15.9. The number of hydrogen-bond donors (Lipinski definition) is 2. The molecule has 7 heteroatoms. The van der Waals surface area contributed by atoms with Crippen molar-refractivity contribution in [3.05, 3.63) is 0 Å². The first-order valence-electron chi connectivity index (χ1n) is 2.05. The van der Waals surface area contributed by atoms with Gasteiger partial charge in [-0.1, -0.05) is 0 Å². The molecule has 1 atom stereocenters. The van der Waals surface area contributed by atoms with Crippen molar-refractivity contribution in [2.24, 2.45) is 0 Å². The van der Waals surface area contributed by atoms with Crippen LogP contribution in [0.1, 0.15) is 8.35 Å². The largest absolute Gasteiger partial charge is 1.00 e. The summed E-state index contributed by atoms with van der Waals surface area (Å²) in [4.78, 5) is 0. The second-order valence-corrected chi connectivity index (χ2v) is 3.09. The maximum atomic E-state index is 9.84. The average Bonchev–Trinajstić information content (AvgIpc) is 1.21. The zero-order valence-electron chi connectivity index (χ0n) is 6.90. The van der Waals surface area contributed by atoms with Gasteiger partial charge >= 0.3 is 29.6 Å². The molecule has 0 saturated carbocycles. The summed E-state index contributed by atoms with van der Waals surface area (Å²) in [5.74, 6) is -0.590. The molecule has 4 N–H and O–H groups in total. The van der Waals surface area contributed by atoms with Crippen LogP contribution in [0, 0.1) is 0 Å². The van der Waals surface area contributed by atoms with E-state index in [1.165, 1.54) is 6.92 Å². The molecule has 5 nitrogen and oxygen atoms in total. The van der Waals surface area contributed by atoms with E-state index in [9.17, 15) is 8.42 Å². The standard InChI is InChI=1S/C3H8O4S.Na.H2O.H/c1-3(4)2-8(5,6)7;;;/h3-4H,2H2,1H3,(H,5,6,7);;1H2;/q;+1;;-1. The van der Waals surface area contributed by atoms with E-state index in [2.05, 4.69) is 0 Å². The summed E-state index contributed by atoms with van der Waals surface area (Å²) in [6.45, 7) is 1.29. The topological polar surface area (TPSA) is 106 Å². The SMILES string of the molecule is CC(O)CS(=O)(=O)O.O.[H-].[Na+]. The monoisotopic (exact) mass is 182 g/mol. The molecule has 0 aliphatic carbocycles. The number of rotatable bonds is 2. The molecule has 60 valence electrons. The average molecular weight is 182 g/mol. The van der Waals surface area contributed by atoms with Crippen molar-refractivity contribution < 1.29 is 54.5 Å². The third-order valence-corrected chi connectivity index (χ3v) is 1.36. The Balaban J connectivity index is -0.0000000817. The molecule has 0 heterocycles. The van der Waals surface area contributed by atoms with Crippen LogP contribution in [0.5, 0.6) is 0 Å². The summed E-state index contributed by atoms with van der Waals surface area (Å²) in [6.07, 6.45) is -0.995. The van der Waals surface area contributed by atoms with Crippen LogP contribution >= 0.6 is 0 Å². The van der Waals surface area contributed by atoms with Gasteiger partial charge in [0, 0.05) is 0 Å². The summed E-state index contributed by atoms with van der Waals surface area (Å²) < 4.78 is 27.7. The van der Waals surface area contributed by atoms with Gasteiger partial charge in [-0.2, -0.15) is 8.42 Å². The number of aliphatic hydroxyl groups excluding tert-OH is 1. The minimum absolute atomic E-state index is 0. The second-order valence-electron chi connectivity index (χ2n) is 1.60. The zero-order chi connectivity index (χ0) is 6.78. The van der Waals surface area contributed by atoms with Crippen LogP contribution in [0.3, 0.4) is 0 Å². The van der Waals surface area contributed by atoms with Gasteiger partial charge in [-0.05, 0) is 6.92 Å². The number of aliphatic hydroxyl groups is 1. The molecule has 0 aromatic heterocycles. The smallest absolute Gasteiger partial charge is 1.00 e. The van der Waals surface area contributed by atoms with E-state index in [-0.39, 0.29) is 36.5 Å². The van der Waals surface area contributed by atoms with Crippen LogP contribution in [0.25, 0.3) is 0 Å². The van der Waals surface area contributed by atoms with Crippen molar-refractivity contribution in [3.8, 4) is 0 Å². The molecule has 0 saturated heterocycles. The van der Waals surface area contributed by atoms with Crippen LogP contribution in [0.4, 0.5) is 0 Å². The molecule has 0 bridgehead atoms. The van der Waals surface area contributed by atoms with Crippen molar-refractivity contribution in [2.45, 2.75) is 13.0 Å². The quantitative estimate of drug-likeness (QED) is 0.332. The molecule has 0 rings (SSSR count). The van der Waals surface area contributed by atoms with Crippen LogP contribution in [0.15, 0.2) is 0 Å². The van der Waals surface area contributed by atoms with Crippen molar-refractivity contribution in [1.29, 1.82) is 0 Å². The van der Waals surface area contributed by atoms with Crippen LogP contribution in [-0.4, -0.2) is 35.4 Å². The Morgan fingerprint density at radius 2 is 1.90 bits per heavy atom. The summed E-state index contributed by atoms with van der Waals surface area (Å²) >= 11 is 0. The van der Waals surface area contributed by atoms with Crippen molar-refractivity contribution in [3.63, 3.8) is 0 Å². The molecule has 0 amide bonds. The maximum Gasteiger partial charge on any atom is 1.00 e. The molecule has 0 spiro atoms. The van der Waals surface area contributed by atoms with E-state index in [4.69, 9.17) is 9.66 Å². The van der Waals surface area contributed by atoms with Gasteiger partial charge in [-0.3, -0.25) is 4.55 Å². The Hall–Kier alpha value is 0.830. The first kappa shape index (κ1) is 17.1. The molecule has 10 heavy (non-hydrogen) atoms. The summed E-state index contributed by atoms with van der Waals surface area (Å²) in [5.41, 5.74) is 0. The molecule has 0 fully saturated rings. The Bertz CT molecular complexity index is 155. The Labute approximate surface area is 83.3 Å². The van der Waals surface area contributed by atoms with E-state index < -0.39 is 22.0 Å². The van der Waals surface area contributed by atoms with Gasteiger partial charge in [-0.15, -0.1) is 0 Å². The van der Waals surface area contributed by atoms with Crippen LogP contribution < -0.4 is 29.6 Å². The summed E-state index contributed by atoms with van der Waals surface area (Å²) in [7, 11) is -3.97. The van der Waals surface area contributed by atoms with Crippen molar-refractivity contribution >= 4 is 10.1 Å². The van der Waals surface area contributed by atoms with Gasteiger partial charge < -0.3 is 12.0 Å². The van der Waals surface area contributed by atoms with E-state index in [1.54, 1.807) is 0 Å². The molecule has 0 radical (unpaired) electrons. The minimum atomic E-state index is -3.97. The van der Waals surface area contributed by atoms with Gasteiger partial charge in [0.15, 0.2) is 0 Å². The predicted octanol–water partition coefficient (Wildman–Crippen LogP) is -4.45. The fraction of sp³-hybridized carbons (Fsp3) is 1.00. The first-order valence-corrected chi connectivity index (χ1v) is 3.66. The zero-order valence-corrected chi connectivity index (χ0v) is 8.72. The predicted molar refractivity (Wildman–Crippen MR) is 32.8 cm³/mol. The van der Waals surface area contributed by atoms with Crippen molar-refractivity contribution in [2.75, 3.05) is 5.75 Å². The maximum absolute atomic E-state index is 9.84. The normalized spacial score (nSPS) is 12.7. The number of hydrogen-bond acceptors (Lipinski definition) is 3. The molecule has 1 unspecified atom stereocenters. The van der Waals surface area contributed by atoms with Crippen molar-refractivity contribution in [1.82, 2.24) is 0 Å². The van der Waals surface area contributed by atoms with Gasteiger partial charge in [0.1, 0.15) is 5.75 Å². The molecular weight excluding hydrogens is 171 g/mol. The second kappa shape index (κ2) is 6.53. The van der Waals surface area contributed by atoms with E-state index in [0.29, 0.717) is 0 Å². The Morgan fingerprint density at radius 1 is 1.60 bits per heavy atom. The van der Waals surface area contributed by atoms with E-state index in [0.717, 1.165) is 0 Å². The summed E-state index contributed by atoms with van der Waals surface area (Å²) in [5, 5.41) is 8.35. The summed E-state index contributed by atoms with van der Waals surface area (Å²) in [6, 6.07) is 0. The molecule has 0 aliphatic heterocycles. The van der Waals surface area contributed by atoms with Crippen LogP contribution in [0.2, 0.25) is 0 Å². The fourth-order valence-electron chi connectivity index (χ4n) is 0.305.